The van der Waals surface area contributed by atoms with Crippen molar-refractivity contribution in [1.29, 1.82) is 0 Å². The molecule has 5 heteroatoms. The van der Waals surface area contributed by atoms with Crippen LogP contribution in [0.4, 0.5) is 5.82 Å². The Hall–Kier alpha value is -2.79. The second kappa shape index (κ2) is 6.84. The zero-order valence-electron chi connectivity index (χ0n) is 15.1. The van der Waals surface area contributed by atoms with E-state index >= 15 is 0 Å². The third-order valence-corrected chi connectivity index (χ3v) is 4.83. The molecule has 26 heavy (non-hydrogen) atoms. The number of hydrogen-bond donors (Lipinski definition) is 1. The molecule has 0 unspecified atom stereocenters. The van der Waals surface area contributed by atoms with Crippen LogP contribution in [0.15, 0.2) is 48.8 Å². The summed E-state index contributed by atoms with van der Waals surface area (Å²) in [6.45, 7) is 5.52. The zero-order valence-corrected chi connectivity index (χ0v) is 15.1. The molecule has 5 nitrogen and oxygen atoms in total. The first-order valence-electron chi connectivity index (χ1n) is 8.90. The molecule has 3 heterocycles. The van der Waals surface area contributed by atoms with Gasteiger partial charge in [-0.3, -0.25) is 4.98 Å². The maximum absolute atomic E-state index is 9.91. The molecule has 0 bridgehead atoms. The molecular formula is C21H22N4O. The van der Waals surface area contributed by atoms with E-state index in [1.165, 1.54) is 5.56 Å². The summed E-state index contributed by atoms with van der Waals surface area (Å²) in [6, 6.07) is 12.3. The number of aryl methyl sites for hydroxylation is 2. The van der Waals surface area contributed by atoms with Gasteiger partial charge < -0.3 is 10.0 Å². The molecule has 1 saturated heterocycles. The van der Waals surface area contributed by atoms with E-state index in [1.54, 1.807) is 6.20 Å². The Morgan fingerprint density at radius 2 is 1.88 bits per heavy atom. The van der Waals surface area contributed by atoms with Crippen molar-refractivity contribution in [2.75, 3.05) is 18.0 Å². The summed E-state index contributed by atoms with van der Waals surface area (Å²) in [4.78, 5) is 16.0. The molecule has 0 spiro atoms. The maximum Gasteiger partial charge on any atom is 0.163 e. The van der Waals surface area contributed by atoms with E-state index in [1.807, 2.05) is 25.3 Å². The van der Waals surface area contributed by atoms with Gasteiger partial charge in [-0.25, -0.2) is 9.97 Å². The minimum atomic E-state index is -0.295. The average Bonchev–Trinajstić information content (AvgIpc) is 3.09. The second-order valence-electron chi connectivity index (χ2n) is 6.88. The summed E-state index contributed by atoms with van der Waals surface area (Å²) in [7, 11) is 0. The molecule has 1 fully saturated rings. The van der Waals surface area contributed by atoms with Crippen molar-refractivity contribution in [3.63, 3.8) is 0 Å². The topological polar surface area (TPSA) is 62.1 Å². The lowest BCUT2D eigenvalue weighted by atomic mass is 10.1. The lowest BCUT2D eigenvalue weighted by Gasteiger charge is -2.19. The number of benzene rings is 1. The molecule has 2 aromatic heterocycles. The van der Waals surface area contributed by atoms with Gasteiger partial charge in [-0.2, -0.15) is 0 Å². The molecule has 1 N–H and O–H groups in total. The fourth-order valence-electron chi connectivity index (χ4n) is 3.24. The number of β-amino-alcohol motifs (C(OH)–C–C–N with tert-alkyl or cyclic N) is 1. The van der Waals surface area contributed by atoms with Crippen LogP contribution in [0.5, 0.6) is 0 Å². The number of hydrogen-bond acceptors (Lipinski definition) is 5. The highest BCUT2D eigenvalue weighted by atomic mass is 16.3. The van der Waals surface area contributed by atoms with Gasteiger partial charge in [0.15, 0.2) is 5.82 Å². The summed E-state index contributed by atoms with van der Waals surface area (Å²) >= 11 is 0. The van der Waals surface area contributed by atoms with Crippen LogP contribution >= 0.6 is 0 Å². The van der Waals surface area contributed by atoms with Crippen molar-refractivity contribution in [2.24, 2.45) is 0 Å². The monoisotopic (exact) mass is 346 g/mol. The minimum absolute atomic E-state index is 0.295. The molecule has 0 aliphatic carbocycles. The molecule has 0 radical (unpaired) electrons. The standard InChI is InChI=1S/C21H22N4O/c1-14-3-5-16(6-4-14)19-11-20(25-10-8-17(26)13-25)24-21(23-19)18-12-22-9-7-15(18)2/h3-7,9,11-12,17,26H,8,10,13H2,1-2H3/t17-/m0/s1. The van der Waals surface area contributed by atoms with Crippen molar-refractivity contribution in [3.05, 3.63) is 59.9 Å². The Balaban J connectivity index is 1.84. The quantitative estimate of drug-likeness (QED) is 0.788. The van der Waals surface area contributed by atoms with Crippen LogP contribution in [0.25, 0.3) is 22.6 Å². The zero-order chi connectivity index (χ0) is 18.1. The molecule has 132 valence electrons. The third kappa shape index (κ3) is 3.30. The first-order valence-corrected chi connectivity index (χ1v) is 8.90. The third-order valence-electron chi connectivity index (χ3n) is 4.83. The number of anilines is 1. The lowest BCUT2D eigenvalue weighted by Crippen LogP contribution is -2.22. The predicted molar refractivity (Wildman–Crippen MR) is 103 cm³/mol. The molecule has 1 atom stereocenters. The maximum atomic E-state index is 9.91. The van der Waals surface area contributed by atoms with Crippen LogP contribution in [-0.4, -0.2) is 39.3 Å². The number of aliphatic hydroxyl groups is 1. The fraction of sp³-hybridized carbons (Fsp3) is 0.286. The number of pyridine rings is 1. The van der Waals surface area contributed by atoms with Gasteiger partial charge in [0, 0.05) is 42.7 Å². The van der Waals surface area contributed by atoms with Gasteiger partial charge in [-0.15, -0.1) is 0 Å². The largest absolute Gasteiger partial charge is 0.391 e. The van der Waals surface area contributed by atoms with Crippen molar-refractivity contribution < 1.29 is 5.11 Å². The normalized spacial score (nSPS) is 16.9. The number of rotatable bonds is 3. The summed E-state index contributed by atoms with van der Waals surface area (Å²) in [6.07, 6.45) is 4.06. The minimum Gasteiger partial charge on any atom is -0.391 e. The molecule has 0 saturated carbocycles. The van der Waals surface area contributed by atoms with E-state index in [-0.39, 0.29) is 6.10 Å². The van der Waals surface area contributed by atoms with Crippen molar-refractivity contribution in [3.8, 4) is 22.6 Å². The van der Waals surface area contributed by atoms with E-state index in [2.05, 4.69) is 41.1 Å². The Morgan fingerprint density at radius 3 is 2.58 bits per heavy atom. The lowest BCUT2D eigenvalue weighted by molar-refractivity contribution is 0.198. The van der Waals surface area contributed by atoms with Gasteiger partial charge >= 0.3 is 0 Å². The van der Waals surface area contributed by atoms with Crippen LogP contribution in [0.1, 0.15) is 17.5 Å². The predicted octanol–water partition coefficient (Wildman–Crippen LogP) is 3.39. The highest BCUT2D eigenvalue weighted by Gasteiger charge is 2.23. The molecule has 1 aromatic carbocycles. The van der Waals surface area contributed by atoms with E-state index in [0.717, 1.165) is 41.2 Å². The van der Waals surface area contributed by atoms with E-state index in [4.69, 9.17) is 9.97 Å². The van der Waals surface area contributed by atoms with Crippen LogP contribution < -0.4 is 4.90 Å². The van der Waals surface area contributed by atoms with E-state index < -0.39 is 0 Å². The van der Waals surface area contributed by atoms with Crippen LogP contribution in [0.3, 0.4) is 0 Å². The molecule has 3 aromatic rings. The molecule has 1 aliphatic rings. The fourth-order valence-corrected chi connectivity index (χ4v) is 3.24. The van der Waals surface area contributed by atoms with E-state index in [0.29, 0.717) is 12.4 Å². The smallest absolute Gasteiger partial charge is 0.163 e. The summed E-state index contributed by atoms with van der Waals surface area (Å²) in [5.74, 6) is 1.52. The van der Waals surface area contributed by atoms with Gasteiger partial charge in [0.1, 0.15) is 5.82 Å². The Bertz CT molecular complexity index is 924. The number of nitrogens with zero attached hydrogens (tertiary/aromatic N) is 4. The summed E-state index contributed by atoms with van der Waals surface area (Å²) < 4.78 is 0. The van der Waals surface area contributed by atoms with Gasteiger partial charge in [0.05, 0.1) is 11.8 Å². The summed E-state index contributed by atoms with van der Waals surface area (Å²) in [5.41, 5.74) is 5.18. The molecule has 0 amide bonds. The summed E-state index contributed by atoms with van der Waals surface area (Å²) in [5, 5.41) is 9.91. The van der Waals surface area contributed by atoms with E-state index in [9.17, 15) is 5.11 Å². The van der Waals surface area contributed by atoms with Crippen LogP contribution in [0.2, 0.25) is 0 Å². The first kappa shape index (κ1) is 16.7. The van der Waals surface area contributed by atoms with Gasteiger partial charge in [-0.1, -0.05) is 29.8 Å². The Labute approximate surface area is 153 Å². The van der Waals surface area contributed by atoms with Crippen molar-refractivity contribution >= 4 is 5.82 Å². The average molecular weight is 346 g/mol. The van der Waals surface area contributed by atoms with Gasteiger partial charge in [0.25, 0.3) is 0 Å². The molecule has 4 rings (SSSR count). The molecular weight excluding hydrogens is 324 g/mol. The molecule has 1 aliphatic heterocycles. The van der Waals surface area contributed by atoms with Crippen molar-refractivity contribution in [1.82, 2.24) is 15.0 Å². The van der Waals surface area contributed by atoms with Crippen molar-refractivity contribution in [2.45, 2.75) is 26.4 Å². The number of aliphatic hydroxyl groups excluding tert-OH is 1. The Kier molecular flexibility index (Phi) is 4.39. The van der Waals surface area contributed by atoms with Gasteiger partial charge in [-0.05, 0) is 31.9 Å². The van der Waals surface area contributed by atoms with Crippen LogP contribution in [0, 0.1) is 13.8 Å². The number of aromatic nitrogens is 3. The van der Waals surface area contributed by atoms with Crippen LogP contribution in [-0.2, 0) is 0 Å². The Morgan fingerprint density at radius 1 is 1.08 bits per heavy atom. The second-order valence-corrected chi connectivity index (χ2v) is 6.88. The highest BCUT2D eigenvalue weighted by molar-refractivity contribution is 5.69. The highest BCUT2D eigenvalue weighted by Crippen LogP contribution is 2.29. The first-order chi connectivity index (χ1) is 12.6. The van der Waals surface area contributed by atoms with Gasteiger partial charge in [0.2, 0.25) is 0 Å². The SMILES string of the molecule is Cc1ccc(-c2cc(N3CC[C@H](O)C3)nc(-c3cnccc3C)n2)cc1.